The van der Waals surface area contributed by atoms with Gasteiger partial charge in [-0.05, 0) is 23.8 Å². The maximum absolute atomic E-state index is 11.0. The summed E-state index contributed by atoms with van der Waals surface area (Å²) in [5.74, 6) is -0.487. The smallest absolute Gasteiger partial charge is 0.241 e. The topological polar surface area (TPSA) is 60.9 Å². The quantitative estimate of drug-likeness (QED) is 0.721. The van der Waals surface area contributed by atoms with Crippen LogP contribution in [0.3, 0.4) is 0 Å². The third kappa shape index (κ3) is 3.91. The van der Waals surface area contributed by atoms with Crippen LogP contribution in [0.2, 0.25) is 5.02 Å². The normalized spacial score (nSPS) is 11.0. The van der Waals surface area contributed by atoms with Crippen molar-refractivity contribution in [3.63, 3.8) is 0 Å². The van der Waals surface area contributed by atoms with E-state index in [1.807, 2.05) is 65.5 Å². The van der Waals surface area contributed by atoms with Crippen LogP contribution >= 0.6 is 11.6 Å². The summed E-state index contributed by atoms with van der Waals surface area (Å²) in [6, 6.07) is 17.5. The van der Waals surface area contributed by atoms with Crippen LogP contribution in [0.1, 0.15) is 11.1 Å². The highest BCUT2D eigenvalue weighted by atomic mass is 35.5. The van der Waals surface area contributed by atoms with Crippen molar-refractivity contribution >= 4 is 23.6 Å². The molecule has 0 saturated heterocycles. The molecule has 24 heavy (non-hydrogen) atoms. The van der Waals surface area contributed by atoms with E-state index in [1.165, 1.54) is 6.08 Å². The predicted octanol–water partition coefficient (Wildman–Crippen LogP) is 3.75. The maximum Gasteiger partial charge on any atom is 0.241 e. The fraction of sp³-hybridized carbons (Fsp3) is 0.0526. The lowest BCUT2D eigenvalue weighted by atomic mass is 10.1. The van der Waals surface area contributed by atoms with E-state index in [-0.39, 0.29) is 0 Å². The van der Waals surface area contributed by atoms with Crippen molar-refractivity contribution in [2.24, 2.45) is 5.73 Å². The molecule has 5 heteroatoms. The Morgan fingerprint density at radius 2 is 1.83 bits per heavy atom. The summed E-state index contributed by atoms with van der Waals surface area (Å²) in [6.07, 6.45) is 4.93. The lowest BCUT2D eigenvalue weighted by Crippen LogP contribution is -2.05. The van der Waals surface area contributed by atoms with Crippen LogP contribution in [0, 0.1) is 0 Å². The zero-order chi connectivity index (χ0) is 16.9. The Morgan fingerprint density at radius 1 is 1.12 bits per heavy atom. The van der Waals surface area contributed by atoms with Crippen molar-refractivity contribution in [1.82, 2.24) is 9.78 Å². The molecule has 2 aromatic carbocycles. The van der Waals surface area contributed by atoms with E-state index < -0.39 is 5.91 Å². The fourth-order valence-corrected chi connectivity index (χ4v) is 2.53. The van der Waals surface area contributed by atoms with Crippen molar-refractivity contribution < 1.29 is 4.79 Å². The van der Waals surface area contributed by atoms with E-state index in [2.05, 4.69) is 5.10 Å². The SMILES string of the molecule is NC(=O)/C=C\c1cn(Cc2ccc(Cl)cc2)nc1-c1ccccc1. The number of rotatable bonds is 5. The zero-order valence-corrected chi connectivity index (χ0v) is 13.6. The molecule has 0 spiro atoms. The van der Waals surface area contributed by atoms with Gasteiger partial charge >= 0.3 is 0 Å². The summed E-state index contributed by atoms with van der Waals surface area (Å²) in [5, 5.41) is 5.36. The molecule has 0 fully saturated rings. The first-order valence-electron chi connectivity index (χ1n) is 7.46. The molecule has 0 aliphatic rings. The highest BCUT2D eigenvalue weighted by Gasteiger charge is 2.09. The lowest BCUT2D eigenvalue weighted by molar-refractivity contribution is -0.113. The molecule has 0 aliphatic carbocycles. The van der Waals surface area contributed by atoms with Gasteiger partial charge in [0.05, 0.1) is 12.2 Å². The number of halogens is 1. The van der Waals surface area contributed by atoms with Crippen LogP contribution < -0.4 is 5.73 Å². The molecule has 3 aromatic rings. The number of hydrogen-bond acceptors (Lipinski definition) is 2. The summed E-state index contributed by atoms with van der Waals surface area (Å²) in [7, 11) is 0. The molecule has 1 aromatic heterocycles. The summed E-state index contributed by atoms with van der Waals surface area (Å²) >= 11 is 5.92. The Bertz CT molecular complexity index is 867. The van der Waals surface area contributed by atoms with Gasteiger partial charge in [-0.25, -0.2) is 0 Å². The Morgan fingerprint density at radius 3 is 2.50 bits per heavy atom. The second kappa shape index (κ2) is 7.15. The highest BCUT2D eigenvalue weighted by Crippen LogP contribution is 2.23. The summed E-state index contributed by atoms with van der Waals surface area (Å²) < 4.78 is 1.84. The molecule has 0 atom stereocenters. The molecular weight excluding hydrogens is 322 g/mol. The minimum Gasteiger partial charge on any atom is -0.366 e. The Balaban J connectivity index is 1.96. The van der Waals surface area contributed by atoms with Gasteiger partial charge < -0.3 is 5.73 Å². The van der Waals surface area contributed by atoms with Crippen molar-refractivity contribution in [2.75, 3.05) is 0 Å². The van der Waals surface area contributed by atoms with E-state index in [0.29, 0.717) is 11.6 Å². The van der Waals surface area contributed by atoms with Crippen molar-refractivity contribution in [3.05, 3.63) is 83.0 Å². The number of primary amides is 1. The lowest BCUT2D eigenvalue weighted by Gasteiger charge is -2.02. The van der Waals surface area contributed by atoms with Crippen LogP contribution in [-0.2, 0) is 11.3 Å². The Kier molecular flexibility index (Phi) is 4.77. The van der Waals surface area contributed by atoms with Crippen LogP contribution in [0.15, 0.2) is 66.9 Å². The van der Waals surface area contributed by atoms with E-state index >= 15 is 0 Å². The molecular formula is C19H16ClN3O. The van der Waals surface area contributed by atoms with Crippen molar-refractivity contribution in [1.29, 1.82) is 0 Å². The molecule has 120 valence electrons. The average molecular weight is 338 g/mol. The molecule has 1 amide bonds. The standard InChI is InChI=1S/C19H16ClN3O/c20-17-9-6-14(7-10-17)12-23-13-16(8-11-18(21)24)19(22-23)15-4-2-1-3-5-15/h1-11,13H,12H2,(H2,21,24)/b11-8-. The molecule has 0 radical (unpaired) electrons. The van der Waals surface area contributed by atoms with Gasteiger partial charge in [-0.15, -0.1) is 0 Å². The van der Waals surface area contributed by atoms with Crippen LogP contribution in [0.4, 0.5) is 0 Å². The monoisotopic (exact) mass is 337 g/mol. The molecule has 1 heterocycles. The number of amides is 1. The third-order valence-electron chi connectivity index (χ3n) is 3.52. The van der Waals surface area contributed by atoms with E-state index in [9.17, 15) is 4.79 Å². The van der Waals surface area contributed by atoms with Gasteiger partial charge in [0.15, 0.2) is 0 Å². The minimum absolute atomic E-state index is 0.487. The van der Waals surface area contributed by atoms with Gasteiger partial charge in [-0.1, -0.05) is 54.1 Å². The van der Waals surface area contributed by atoms with Gasteiger partial charge in [-0.3, -0.25) is 9.48 Å². The molecule has 2 N–H and O–H groups in total. The van der Waals surface area contributed by atoms with E-state index in [1.54, 1.807) is 6.08 Å². The van der Waals surface area contributed by atoms with Gasteiger partial charge in [0.2, 0.25) is 5.91 Å². The number of nitrogens with zero attached hydrogens (tertiary/aromatic N) is 2. The van der Waals surface area contributed by atoms with E-state index in [0.717, 1.165) is 22.4 Å². The molecule has 0 unspecified atom stereocenters. The second-order valence-electron chi connectivity index (χ2n) is 5.36. The molecule has 0 saturated carbocycles. The number of carbonyl (C=O) groups is 1. The van der Waals surface area contributed by atoms with Gasteiger partial charge in [0.1, 0.15) is 0 Å². The number of hydrogen-bond donors (Lipinski definition) is 1. The van der Waals surface area contributed by atoms with Crippen molar-refractivity contribution in [2.45, 2.75) is 6.54 Å². The first kappa shape index (κ1) is 16.0. The van der Waals surface area contributed by atoms with Gasteiger partial charge in [0.25, 0.3) is 0 Å². The zero-order valence-electron chi connectivity index (χ0n) is 12.9. The Labute approximate surface area is 145 Å². The largest absolute Gasteiger partial charge is 0.366 e. The van der Waals surface area contributed by atoms with Crippen molar-refractivity contribution in [3.8, 4) is 11.3 Å². The molecule has 0 bridgehead atoms. The summed E-state index contributed by atoms with van der Waals surface area (Å²) in [5.41, 5.74) is 8.93. The highest BCUT2D eigenvalue weighted by molar-refractivity contribution is 6.30. The number of carbonyl (C=O) groups excluding carboxylic acids is 1. The first-order chi connectivity index (χ1) is 11.6. The number of aromatic nitrogens is 2. The molecule has 3 rings (SSSR count). The second-order valence-corrected chi connectivity index (χ2v) is 5.80. The number of nitrogens with two attached hydrogens (primary N) is 1. The Hall–Kier alpha value is -2.85. The van der Waals surface area contributed by atoms with E-state index in [4.69, 9.17) is 17.3 Å². The van der Waals surface area contributed by atoms with Crippen LogP contribution in [0.5, 0.6) is 0 Å². The first-order valence-corrected chi connectivity index (χ1v) is 7.84. The minimum atomic E-state index is -0.487. The maximum atomic E-state index is 11.0. The molecule has 4 nitrogen and oxygen atoms in total. The number of benzene rings is 2. The third-order valence-corrected chi connectivity index (χ3v) is 3.77. The van der Waals surface area contributed by atoms with Gasteiger partial charge in [0, 0.05) is 28.4 Å². The average Bonchev–Trinajstić information content (AvgIpc) is 2.99. The van der Waals surface area contributed by atoms with Crippen LogP contribution in [-0.4, -0.2) is 15.7 Å². The van der Waals surface area contributed by atoms with Crippen LogP contribution in [0.25, 0.3) is 17.3 Å². The fourth-order valence-electron chi connectivity index (χ4n) is 2.41. The summed E-state index contributed by atoms with van der Waals surface area (Å²) in [4.78, 5) is 11.0. The molecule has 0 aliphatic heterocycles. The predicted molar refractivity (Wildman–Crippen MR) is 96.4 cm³/mol. The van der Waals surface area contributed by atoms with Gasteiger partial charge in [-0.2, -0.15) is 5.10 Å². The summed E-state index contributed by atoms with van der Waals surface area (Å²) in [6.45, 7) is 0.613.